The summed E-state index contributed by atoms with van der Waals surface area (Å²) in [7, 11) is 2.18. The minimum absolute atomic E-state index is 0.0582. The Kier molecular flexibility index (Phi) is 24.6. The Morgan fingerprint density at radius 2 is 1.36 bits per heavy atom. The van der Waals surface area contributed by atoms with Gasteiger partial charge in [-0.25, -0.2) is 0 Å². The molecule has 0 aliphatic carbocycles. The first kappa shape index (κ1) is 59.3. The first-order valence-corrected chi connectivity index (χ1v) is 26.4. The molecule has 7 atom stereocenters. The quantitative estimate of drug-likeness (QED) is 0.0225. The maximum Gasteiger partial charge on any atom is 0.250 e. The Hall–Kier alpha value is -7.26. The fourth-order valence-electron chi connectivity index (χ4n) is 7.99. The summed E-state index contributed by atoms with van der Waals surface area (Å²) >= 11 is 0. The van der Waals surface area contributed by atoms with Gasteiger partial charge in [0, 0.05) is 56.3 Å². The van der Waals surface area contributed by atoms with Gasteiger partial charge in [-0.05, 0) is 49.7 Å². The lowest BCUT2D eigenvalue weighted by Crippen LogP contribution is -2.60. The molecule has 0 aromatic heterocycles. The number of nitrogens with zero attached hydrogens (tertiary/aromatic N) is 2. The standard InChI is InChI=1S/C47H66N14O11S2/c48-25-40(66)55-31(13-7-18-53-47(51)52)46(72)61-19-8-14-35(61)45(71)60-44(70)34-26-74-73-20-17-38(64)54-29(21-27-9-3-1-4-10-27)23-39(65)56-32(22-28-11-5-2-6-12-28)42(68)57-30(15-16-36(49)62)41(67)58-33(24-37(50)63)43(69)59-34/h1-6,9-12,29-35H,7-8,13-26,48H2,(H2,49,62)(H2,50,63)(H,54,64)(H,55,66)(H,56,65)(H,57,68)(H,58,67)(H,59,69)(H4,51,52,53)(H,60,70,71)/t29-,30-,31-,32-,33-,34-,35-/m0/s1. The van der Waals surface area contributed by atoms with Crippen LogP contribution in [-0.4, -0.2) is 149 Å². The Balaban J connectivity index is 1.64. The molecule has 25 nitrogen and oxygen atoms in total. The number of rotatable bonds is 18. The smallest absolute Gasteiger partial charge is 0.250 e. The molecule has 0 unspecified atom stereocenters. The Morgan fingerprint density at radius 1 is 0.730 bits per heavy atom. The molecule has 0 bridgehead atoms. The number of imide groups is 1. The molecule has 2 heterocycles. The fourth-order valence-corrected chi connectivity index (χ4v) is 10.1. The Morgan fingerprint density at radius 3 is 2.00 bits per heavy atom. The van der Waals surface area contributed by atoms with Crippen LogP contribution in [-0.2, 0) is 65.6 Å². The normalized spacial score (nSPS) is 21.9. The second-order valence-corrected chi connectivity index (χ2v) is 20.1. The number of amides is 11. The van der Waals surface area contributed by atoms with E-state index in [4.69, 9.17) is 28.7 Å². The van der Waals surface area contributed by atoms with Gasteiger partial charge in [0.15, 0.2) is 5.96 Å². The van der Waals surface area contributed by atoms with Gasteiger partial charge in [0.1, 0.15) is 36.3 Å². The highest BCUT2D eigenvalue weighted by atomic mass is 33.1. The van der Waals surface area contributed by atoms with E-state index in [2.05, 4.69) is 42.2 Å². The number of hydrogen-bond donors (Lipinski definition) is 12. The predicted octanol–water partition coefficient (Wildman–Crippen LogP) is -3.66. The van der Waals surface area contributed by atoms with Crippen molar-refractivity contribution in [3.05, 3.63) is 71.8 Å². The van der Waals surface area contributed by atoms with Crippen molar-refractivity contribution in [2.24, 2.45) is 33.7 Å². The van der Waals surface area contributed by atoms with Crippen molar-refractivity contribution >= 4 is 92.5 Å². The number of benzene rings is 2. The van der Waals surface area contributed by atoms with Crippen LogP contribution in [0.3, 0.4) is 0 Å². The van der Waals surface area contributed by atoms with Crippen molar-refractivity contribution in [1.82, 2.24) is 42.1 Å². The van der Waals surface area contributed by atoms with E-state index in [1.807, 2.05) is 18.2 Å². The lowest BCUT2D eigenvalue weighted by molar-refractivity contribution is -0.143. The molecule has 0 radical (unpaired) electrons. The van der Waals surface area contributed by atoms with Gasteiger partial charge in [-0.15, -0.1) is 0 Å². The number of aliphatic imine (C=N–C) groups is 1. The van der Waals surface area contributed by atoms with Gasteiger partial charge in [0.05, 0.1) is 13.0 Å². The van der Waals surface area contributed by atoms with Gasteiger partial charge in [-0.2, -0.15) is 0 Å². The number of carbonyl (C=O) groups excluding carboxylic acids is 11. The Bertz CT molecular complexity index is 2350. The van der Waals surface area contributed by atoms with Crippen molar-refractivity contribution < 1.29 is 52.7 Å². The van der Waals surface area contributed by atoms with Crippen LogP contribution < -0.4 is 65.9 Å². The molecule has 2 aromatic carbocycles. The zero-order chi connectivity index (χ0) is 54.2. The third kappa shape index (κ3) is 20.7. The van der Waals surface area contributed by atoms with E-state index in [0.29, 0.717) is 12.0 Å². The molecule has 4 rings (SSSR count). The zero-order valence-electron chi connectivity index (χ0n) is 40.7. The van der Waals surface area contributed by atoms with Gasteiger partial charge in [0.25, 0.3) is 0 Å². The van der Waals surface area contributed by atoms with Crippen LogP contribution in [0.5, 0.6) is 0 Å². The first-order chi connectivity index (χ1) is 35.3. The van der Waals surface area contributed by atoms with Crippen molar-refractivity contribution in [2.45, 2.75) is 113 Å². The topological polar surface area (TPSA) is 418 Å². The summed E-state index contributed by atoms with van der Waals surface area (Å²) in [6, 6.07) is 8.43. The summed E-state index contributed by atoms with van der Waals surface area (Å²) in [6.07, 6.45) is -0.944. The van der Waals surface area contributed by atoms with Crippen molar-refractivity contribution in [2.75, 3.05) is 31.1 Å². The van der Waals surface area contributed by atoms with E-state index in [9.17, 15) is 52.7 Å². The summed E-state index contributed by atoms with van der Waals surface area (Å²) in [5, 5.41) is 17.9. The highest BCUT2D eigenvalue weighted by Crippen LogP contribution is 2.24. The maximum atomic E-state index is 14.2. The second kappa shape index (κ2) is 30.7. The van der Waals surface area contributed by atoms with Gasteiger partial charge in [-0.1, -0.05) is 82.3 Å². The van der Waals surface area contributed by atoms with Crippen LogP contribution >= 0.6 is 21.6 Å². The monoisotopic (exact) mass is 1070 g/mol. The third-order valence-electron chi connectivity index (χ3n) is 11.6. The summed E-state index contributed by atoms with van der Waals surface area (Å²) in [4.78, 5) is 153. The molecular formula is C47H66N14O11S2. The van der Waals surface area contributed by atoms with E-state index >= 15 is 0 Å². The predicted molar refractivity (Wildman–Crippen MR) is 275 cm³/mol. The number of nitrogens with one attached hydrogen (secondary N) is 7. The highest BCUT2D eigenvalue weighted by Gasteiger charge is 2.40. The molecule has 0 spiro atoms. The summed E-state index contributed by atoms with van der Waals surface area (Å²) in [5.41, 5.74) is 28.7. The van der Waals surface area contributed by atoms with Crippen LogP contribution in [0, 0.1) is 0 Å². The molecule has 27 heteroatoms. The number of nitrogens with two attached hydrogens (primary N) is 5. The molecule has 2 aromatic rings. The number of likely N-dealkylation sites (tertiary alicyclic amines) is 1. The van der Waals surface area contributed by atoms with E-state index < -0.39 is 133 Å². The summed E-state index contributed by atoms with van der Waals surface area (Å²) < 4.78 is 0. The van der Waals surface area contributed by atoms with Crippen LogP contribution in [0.2, 0.25) is 0 Å². The third-order valence-corrected chi connectivity index (χ3v) is 14.0. The number of hydrogen-bond acceptors (Lipinski definition) is 15. The molecule has 2 saturated heterocycles. The van der Waals surface area contributed by atoms with E-state index in [0.717, 1.165) is 27.2 Å². The van der Waals surface area contributed by atoms with Gasteiger partial charge < -0.3 is 65.5 Å². The second-order valence-electron chi connectivity index (χ2n) is 17.5. The van der Waals surface area contributed by atoms with Gasteiger partial charge in [-0.3, -0.25) is 63.0 Å². The van der Waals surface area contributed by atoms with E-state index in [1.165, 1.54) is 4.90 Å². The van der Waals surface area contributed by atoms with Gasteiger partial charge in [0.2, 0.25) is 65.0 Å². The molecule has 74 heavy (non-hydrogen) atoms. The molecule has 2 aliphatic rings. The number of primary amides is 2. The largest absolute Gasteiger partial charge is 0.370 e. The zero-order valence-corrected chi connectivity index (χ0v) is 42.4. The maximum absolute atomic E-state index is 14.2. The SMILES string of the molecule is NCC(=O)N[C@@H](CCCN=C(N)N)C(=O)N1CCC[C@H]1C(=O)NC(=O)[C@@H]1CSSCCC(=O)N[C@@H](Cc2ccccc2)CC(=O)N[C@@H](Cc2ccccc2)C(=O)N[C@@H](CCC(N)=O)C(=O)N[C@@H](CC(N)=O)C(=O)N1. The average Bonchev–Trinajstić information content (AvgIpc) is 3.85. The molecule has 17 N–H and O–H groups in total. The van der Waals surface area contributed by atoms with Crippen LogP contribution in [0.1, 0.15) is 68.9 Å². The lowest BCUT2D eigenvalue weighted by Gasteiger charge is -2.29. The minimum atomic E-state index is -1.79. The van der Waals surface area contributed by atoms with Gasteiger partial charge >= 0.3 is 0 Å². The van der Waals surface area contributed by atoms with Crippen molar-refractivity contribution in [3.8, 4) is 0 Å². The van der Waals surface area contributed by atoms with E-state index in [1.54, 1.807) is 42.5 Å². The Labute approximate surface area is 435 Å². The molecule has 2 aliphatic heterocycles. The van der Waals surface area contributed by atoms with Crippen molar-refractivity contribution in [3.63, 3.8) is 0 Å². The minimum Gasteiger partial charge on any atom is -0.370 e. The molecule has 0 saturated carbocycles. The molecular weight excluding hydrogens is 1000 g/mol. The average molecular weight is 1070 g/mol. The molecule has 11 amide bonds. The van der Waals surface area contributed by atoms with Crippen molar-refractivity contribution in [1.29, 1.82) is 0 Å². The van der Waals surface area contributed by atoms with Crippen LogP contribution in [0.4, 0.5) is 0 Å². The first-order valence-electron chi connectivity index (χ1n) is 23.9. The fraction of sp³-hybridized carbons (Fsp3) is 0.489. The summed E-state index contributed by atoms with van der Waals surface area (Å²) in [5.74, 6) is -9.44. The van der Waals surface area contributed by atoms with Crippen LogP contribution in [0.25, 0.3) is 0 Å². The molecule has 2 fully saturated rings. The molecule has 402 valence electrons. The lowest BCUT2D eigenvalue weighted by atomic mass is 10.0. The highest BCUT2D eigenvalue weighted by molar-refractivity contribution is 8.76. The number of guanidine groups is 1. The van der Waals surface area contributed by atoms with E-state index in [-0.39, 0.29) is 75.5 Å². The van der Waals surface area contributed by atoms with Crippen LogP contribution in [0.15, 0.2) is 65.7 Å². The summed E-state index contributed by atoms with van der Waals surface area (Å²) in [6.45, 7) is -0.189. The number of carbonyl (C=O) groups is 11.